The minimum absolute atomic E-state index is 0.0633. The van der Waals surface area contributed by atoms with Gasteiger partial charge in [-0.25, -0.2) is 0 Å². The van der Waals surface area contributed by atoms with Gasteiger partial charge in [0.25, 0.3) is 0 Å². The lowest BCUT2D eigenvalue weighted by Gasteiger charge is -2.33. The minimum Gasteiger partial charge on any atom is -0.469 e. The highest BCUT2D eigenvalue weighted by molar-refractivity contribution is 5.31. The van der Waals surface area contributed by atoms with Gasteiger partial charge in [0, 0.05) is 18.5 Å². The van der Waals surface area contributed by atoms with Crippen molar-refractivity contribution in [1.29, 1.82) is 0 Å². The zero-order valence-corrected chi connectivity index (χ0v) is 9.37. The van der Waals surface area contributed by atoms with E-state index >= 15 is 0 Å². The molecule has 2 aliphatic heterocycles. The second kappa shape index (κ2) is 3.11. The van der Waals surface area contributed by atoms with E-state index in [1.54, 1.807) is 0 Å². The van der Waals surface area contributed by atoms with Gasteiger partial charge in [0.05, 0.1) is 24.5 Å². The molecule has 1 aromatic heterocycles. The van der Waals surface area contributed by atoms with Crippen LogP contribution in [0.3, 0.4) is 0 Å². The Morgan fingerprint density at radius 2 is 2.31 bits per heavy atom. The van der Waals surface area contributed by atoms with Crippen LogP contribution in [0.5, 0.6) is 0 Å². The van der Waals surface area contributed by atoms with Gasteiger partial charge in [-0.15, -0.1) is 0 Å². The third-order valence-corrected chi connectivity index (χ3v) is 4.32. The van der Waals surface area contributed by atoms with E-state index in [0.29, 0.717) is 6.10 Å². The molecule has 3 nitrogen and oxygen atoms in total. The summed E-state index contributed by atoms with van der Waals surface area (Å²) in [5.41, 5.74) is 1.41. The highest BCUT2D eigenvalue weighted by atomic mass is 16.5. The van der Waals surface area contributed by atoms with Crippen LogP contribution in [-0.4, -0.2) is 19.3 Å². The molecule has 1 aromatic rings. The molecule has 86 valence electrons. The van der Waals surface area contributed by atoms with E-state index in [1.165, 1.54) is 24.2 Å². The van der Waals surface area contributed by atoms with Crippen LogP contribution >= 0.6 is 0 Å². The zero-order chi connectivity index (χ0) is 10.6. The zero-order valence-electron chi connectivity index (χ0n) is 9.37. The Kier molecular flexibility index (Phi) is 1.80. The van der Waals surface area contributed by atoms with Crippen molar-refractivity contribution in [3.8, 4) is 0 Å². The number of ether oxygens (including phenoxy) is 1. The standard InChI is InChI=1S/C13H17NO2/c1-2-9(1)12-7-13(8-16-12)10-4-6-15-11(10)3-5-14-13/h4,6,9,12,14H,1-3,5,7-8H2. The molecule has 3 aliphatic rings. The van der Waals surface area contributed by atoms with E-state index in [2.05, 4.69) is 11.4 Å². The summed E-state index contributed by atoms with van der Waals surface area (Å²) in [6.45, 7) is 1.84. The Morgan fingerprint density at radius 3 is 3.19 bits per heavy atom. The molecular formula is C13H17NO2. The van der Waals surface area contributed by atoms with Gasteiger partial charge in [0.15, 0.2) is 0 Å². The van der Waals surface area contributed by atoms with Crippen molar-refractivity contribution in [2.75, 3.05) is 13.2 Å². The molecule has 0 amide bonds. The van der Waals surface area contributed by atoms with E-state index in [0.717, 1.165) is 31.9 Å². The topological polar surface area (TPSA) is 34.4 Å². The molecule has 1 spiro atoms. The second-order valence-corrected chi connectivity index (χ2v) is 5.41. The average Bonchev–Trinajstić information content (AvgIpc) is 2.88. The first-order valence-corrected chi connectivity index (χ1v) is 6.31. The molecule has 3 heteroatoms. The highest BCUT2D eigenvalue weighted by Crippen LogP contribution is 2.46. The molecule has 1 saturated carbocycles. The van der Waals surface area contributed by atoms with Crippen LogP contribution in [0, 0.1) is 5.92 Å². The van der Waals surface area contributed by atoms with Crippen LogP contribution in [-0.2, 0) is 16.7 Å². The molecule has 1 saturated heterocycles. The number of rotatable bonds is 1. The fraction of sp³-hybridized carbons (Fsp3) is 0.692. The van der Waals surface area contributed by atoms with E-state index in [1.807, 2.05) is 6.26 Å². The smallest absolute Gasteiger partial charge is 0.110 e. The van der Waals surface area contributed by atoms with E-state index in [-0.39, 0.29) is 5.54 Å². The third kappa shape index (κ3) is 1.22. The fourth-order valence-corrected chi connectivity index (χ4v) is 3.26. The Hall–Kier alpha value is -0.800. The maximum Gasteiger partial charge on any atom is 0.110 e. The first-order valence-electron chi connectivity index (χ1n) is 6.31. The average molecular weight is 219 g/mol. The number of fused-ring (bicyclic) bond motifs is 2. The van der Waals surface area contributed by atoms with Crippen molar-refractivity contribution in [1.82, 2.24) is 5.32 Å². The first kappa shape index (κ1) is 9.25. The van der Waals surface area contributed by atoms with Crippen molar-refractivity contribution in [2.45, 2.75) is 37.3 Å². The molecule has 3 heterocycles. The van der Waals surface area contributed by atoms with Crippen molar-refractivity contribution in [2.24, 2.45) is 5.92 Å². The predicted octanol–water partition coefficient (Wildman–Crippen LogP) is 1.82. The van der Waals surface area contributed by atoms with Crippen molar-refractivity contribution in [3.05, 3.63) is 23.7 Å². The summed E-state index contributed by atoms with van der Waals surface area (Å²) in [4.78, 5) is 0. The van der Waals surface area contributed by atoms with Gasteiger partial charge in [0.2, 0.25) is 0 Å². The summed E-state index contributed by atoms with van der Waals surface area (Å²) in [5, 5.41) is 3.66. The molecule has 0 radical (unpaired) electrons. The van der Waals surface area contributed by atoms with E-state index in [9.17, 15) is 0 Å². The van der Waals surface area contributed by atoms with Crippen molar-refractivity contribution >= 4 is 0 Å². The van der Waals surface area contributed by atoms with E-state index in [4.69, 9.17) is 9.15 Å². The summed E-state index contributed by atoms with van der Waals surface area (Å²) in [6.07, 6.45) is 7.16. The van der Waals surface area contributed by atoms with Gasteiger partial charge >= 0.3 is 0 Å². The summed E-state index contributed by atoms with van der Waals surface area (Å²) in [5.74, 6) is 2.00. The first-order chi connectivity index (χ1) is 7.87. The van der Waals surface area contributed by atoms with Gasteiger partial charge < -0.3 is 14.5 Å². The molecule has 0 aromatic carbocycles. The van der Waals surface area contributed by atoms with Gasteiger partial charge in [-0.3, -0.25) is 0 Å². The number of hydrogen-bond donors (Lipinski definition) is 1. The summed E-state index contributed by atoms with van der Waals surface area (Å²) in [7, 11) is 0. The van der Waals surface area contributed by atoms with Gasteiger partial charge in [-0.05, 0) is 31.2 Å². The molecule has 2 atom stereocenters. The quantitative estimate of drug-likeness (QED) is 0.782. The number of nitrogens with one attached hydrogen (secondary N) is 1. The monoisotopic (exact) mass is 219 g/mol. The van der Waals surface area contributed by atoms with Crippen LogP contribution in [0.25, 0.3) is 0 Å². The van der Waals surface area contributed by atoms with Crippen molar-refractivity contribution in [3.63, 3.8) is 0 Å². The molecule has 2 unspecified atom stereocenters. The van der Waals surface area contributed by atoms with Gasteiger partial charge in [0.1, 0.15) is 5.76 Å². The lowest BCUT2D eigenvalue weighted by molar-refractivity contribution is 0.0849. The van der Waals surface area contributed by atoms with Crippen LogP contribution in [0.2, 0.25) is 0 Å². The normalized spacial score (nSPS) is 37.9. The second-order valence-electron chi connectivity index (χ2n) is 5.41. The molecular weight excluding hydrogens is 202 g/mol. The van der Waals surface area contributed by atoms with Crippen LogP contribution in [0.4, 0.5) is 0 Å². The summed E-state index contributed by atoms with van der Waals surface area (Å²) in [6, 6.07) is 2.13. The van der Waals surface area contributed by atoms with Crippen LogP contribution in [0.1, 0.15) is 30.6 Å². The number of furan rings is 1. The van der Waals surface area contributed by atoms with Gasteiger partial charge in [-0.2, -0.15) is 0 Å². The van der Waals surface area contributed by atoms with Crippen LogP contribution < -0.4 is 5.32 Å². The lowest BCUT2D eigenvalue weighted by Crippen LogP contribution is -2.47. The largest absolute Gasteiger partial charge is 0.469 e. The summed E-state index contributed by atoms with van der Waals surface area (Å²) < 4.78 is 11.6. The lowest BCUT2D eigenvalue weighted by atomic mass is 9.83. The number of hydrogen-bond acceptors (Lipinski definition) is 3. The third-order valence-electron chi connectivity index (χ3n) is 4.32. The molecule has 0 bridgehead atoms. The molecule has 16 heavy (non-hydrogen) atoms. The van der Waals surface area contributed by atoms with Crippen LogP contribution in [0.15, 0.2) is 16.7 Å². The van der Waals surface area contributed by atoms with E-state index < -0.39 is 0 Å². The maximum atomic E-state index is 5.99. The molecule has 1 N–H and O–H groups in total. The highest BCUT2D eigenvalue weighted by Gasteiger charge is 2.49. The Balaban J connectivity index is 1.68. The predicted molar refractivity (Wildman–Crippen MR) is 59.2 cm³/mol. The SMILES string of the molecule is c1cc2c(o1)CCNC21COC(C2CC2)C1. The Labute approximate surface area is 95.2 Å². The minimum atomic E-state index is 0.0633. The maximum absolute atomic E-state index is 5.99. The van der Waals surface area contributed by atoms with Crippen molar-refractivity contribution < 1.29 is 9.15 Å². The van der Waals surface area contributed by atoms with Gasteiger partial charge in [-0.1, -0.05) is 0 Å². The Morgan fingerprint density at radius 1 is 1.38 bits per heavy atom. The summed E-state index contributed by atoms with van der Waals surface area (Å²) >= 11 is 0. The molecule has 2 fully saturated rings. The Bertz CT molecular complexity index is 410. The molecule has 1 aliphatic carbocycles. The molecule has 4 rings (SSSR count). The fourth-order valence-electron chi connectivity index (χ4n) is 3.26.